The average Bonchev–Trinajstić information content (AvgIpc) is 3.38. The average molecular weight is 458 g/mol. The Morgan fingerprint density at radius 3 is 2.72 bits per heavy atom. The van der Waals surface area contributed by atoms with E-state index >= 15 is 0 Å². The summed E-state index contributed by atoms with van der Waals surface area (Å²) in [6.07, 6.45) is 2.96. The van der Waals surface area contributed by atoms with Crippen LogP contribution in [-0.4, -0.2) is 49.1 Å². The zero-order chi connectivity index (χ0) is 22.9. The van der Waals surface area contributed by atoms with Crippen LogP contribution in [0, 0.1) is 0 Å². The van der Waals surface area contributed by atoms with E-state index in [9.17, 15) is 13.2 Å². The Morgan fingerprint density at radius 2 is 1.97 bits per heavy atom. The summed E-state index contributed by atoms with van der Waals surface area (Å²) < 4.78 is 43.8. The quantitative estimate of drug-likeness (QED) is 0.397. The van der Waals surface area contributed by atoms with Crippen molar-refractivity contribution in [2.24, 2.45) is 0 Å². The number of nitrogens with zero attached hydrogens (tertiary/aromatic N) is 3. The van der Waals surface area contributed by atoms with E-state index in [-0.39, 0.29) is 18.3 Å². The molecule has 1 aromatic heterocycles. The van der Waals surface area contributed by atoms with Gasteiger partial charge in [0.05, 0.1) is 15.9 Å². The molecule has 2 aromatic carbocycles. The van der Waals surface area contributed by atoms with E-state index in [1.165, 1.54) is 26.2 Å². The van der Waals surface area contributed by atoms with Crippen LogP contribution in [0.2, 0.25) is 0 Å². The third kappa shape index (κ3) is 4.19. The van der Waals surface area contributed by atoms with Gasteiger partial charge in [-0.25, -0.2) is 22.5 Å². The van der Waals surface area contributed by atoms with E-state index < -0.39 is 16.0 Å². The van der Waals surface area contributed by atoms with E-state index in [2.05, 4.69) is 4.98 Å². The van der Waals surface area contributed by atoms with Gasteiger partial charge in [0.2, 0.25) is 16.8 Å². The lowest BCUT2D eigenvalue weighted by molar-refractivity contribution is -0.139. The molecule has 0 radical (unpaired) electrons. The Labute approximate surface area is 185 Å². The van der Waals surface area contributed by atoms with E-state index in [1.807, 2.05) is 17.6 Å². The molecule has 0 saturated carbocycles. The van der Waals surface area contributed by atoms with Gasteiger partial charge < -0.3 is 18.8 Å². The summed E-state index contributed by atoms with van der Waals surface area (Å²) in [6, 6.07) is 10.2. The number of imidazole rings is 1. The first kappa shape index (κ1) is 21.8. The van der Waals surface area contributed by atoms with Crippen molar-refractivity contribution in [3.8, 4) is 11.5 Å². The highest BCUT2D eigenvalue weighted by Crippen LogP contribution is 2.32. The largest absolute Gasteiger partial charge is 0.454 e. The molecule has 0 atom stereocenters. The molecule has 32 heavy (non-hydrogen) atoms. The lowest BCUT2D eigenvalue weighted by atomic mass is 10.2. The van der Waals surface area contributed by atoms with Crippen LogP contribution in [0.1, 0.15) is 18.3 Å². The van der Waals surface area contributed by atoms with Crippen LogP contribution in [0.3, 0.4) is 0 Å². The fourth-order valence-electron chi connectivity index (χ4n) is 3.36. The van der Waals surface area contributed by atoms with Gasteiger partial charge in [0.15, 0.2) is 11.5 Å². The molecular weight excluding hydrogens is 434 g/mol. The van der Waals surface area contributed by atoms with Gasteiger partial charge in [0, 0.05) is 26.7 Å². The van der Waals surface area contributed by atoms with Crippen molar-refractivity contribution in [1.29, 1.82) is 0 Å². The number of fused-ring (bicyclic) bond motifs is 2. The van der Waals surface area contributed by atoms with Gasteiger partial charge in [-0.2, -0.15) is 0 Å². The van der Waals surface area contributed by atoms with Crippen LogP contribution in [0.4, 0.5) is 0 Å². The smallest absolute Gasteiger partial charge is 0.331 e. The molecule has 0 saturated heterocycles. The molecule has 1 aliphatic rings. The first-order valence-corrected chi connectivity index (χ1v) is 11.4. The van der Waals surface area contributed by atoms with Crippen molar-refractivity contribution >= 4 is 33.1 Å². The summed E-state index contributed by atoms with van der Waals surface area (Å²) in [4.78, 5) is 16.9. The third-order valence-electron chi connectivity index (χ3n) is 5.05. The second-order valence-corrected chi connectivity index (χ2v) is 9.42. The highest BCUT2D eigenvalue weighted by molar-refractivity contribution is 7.89. The SMILES string of the molecule is CCn1c(COC(=O)/C=C\c2ccc3c(c2)OCO3)nc2cc(S(=O)(=O)N(C)C)ccc21. The maximum absolute atomic E-state index is 12.4. The summed E-state index contributed by atoms with van der Waals surface area (Å²) in [5.74, 6) is 1.32. The number of rotatable bonds is 7. The van der Waals surface area contributed by atoms with Crippen LogP contribution in [-0.2, 0) is 32.7 Å². The van der Waals surface area contributed by atoms with Crippen LogP contribution in [0.25, 0.3) is 17.1 Å². The standard InChI is InChI=1S/C22H23N3O6S/c1-4-25-18-8-7-16(32(27,28)24(2)3)12-17(18)23-21(25)13-29-22(26)10-6-15-5-9-19-20(11-15)31-14-30-19/h5-12H,4,13-14H2,1-3H3/b10-6-. The lowest BCUT2D eigenvalue weighted by Crippen LogP contribution is -2.22. The molecule has 2 heterocycles. The van der Waals surface area contributed by atoms with Crippen LogP contribution in [0.5, 0.6) is 11.5 Å². The minimum atomic E-state index is -3.57. The minimum Gasteiger partial charge on any atom is -0.454 e. The van der Waals surface area contributed by atoms with Crippen molar-refractivity contribution in [3.05, 3.63) is 53.9 Å². The molecule has 0 spiro atoms. The molecule has 0 unspecified atom stereocenters. The lowest BCUT2D eigenvalue weighted by Gasteiger charge is -2.11. The molecule has 3 aromatic rings. The van der Waals surface area contributed by atoms with E-state index in [1.54, 1.807) is 30.3 Å². The topological polar surface area (TPSA) is 100.0 Å². The number of hydrogen-bond donors (Lipinski definition) is 0. The first-order chi connectivity index (χ1) is 15.3. The second-order valence-electron chi connectivity index (χ2n) is 7.26. The van der Waals surface area contributed by atoms with Gasteiger partial charge in [0.1, 0.15) is 12.4 Å². The predicted octanol–water partition coefficient (Wildman–Crippen LogP) is 2.79. The van der Waals surface area contributed by atoms with Crippen molar-refractivity contribution in [2.45, 2.75) is 25.0 Å². The Bertz CT molecular complexity index is 1310. The molecular formula is C22H23N3O6S. The summed E-state index contributed by atoms with van der Waals surface area (Å²) in [5, 5.41) is 0. The van der Waals surface area contributed by atoms with E-state index in [0.29, 0.717) is 29.4 Å². The Kier molecular flexibility index (Phi) is 5.90. The Balaban J connectivity index is 1.49. The van der Waals surface area contributed by atoms with Crippen molar-refractivity contribution < 1.29 is 27.4 Å². The van der Waals surface area contributed by atoms with Crippen molar-refractivity contribution in [2.75, 3.05) is 20.9 Å². The molecule has 0 fully saturated rings. The highest BCUT2D eigenvalue weighted by atomic mass is 32.2. The van der Waals surface area contributed by atoms with Crippen LogP contribution < -0.4 is 9.47 Å². The van der Waals surface area contributed by atoms with E-state index in [0.717, 1.165) is 15.4 Å². The number of hydrogen-bond acceptors (Lipinski definition) is 7. The minimum absolute atomic E-state index is 0.0391. The van der Waals surface area contributed by atoms with Gasteiger partial charge in [0.25, 0.3) is 0 Å². The fraction of sp³-hybridized carbons (Fsp3) is 0.273. The van der Waals surface area contributed by atoms with Crippen molar-refractivity contribution in [3.63, 3.8) is 0 Å². The molecule has 9 nitrogen and oxygen atoms in total. The molecule has 168 valence electrons. The third-order valence-corrected chi connectivity index (χ3v) is 6.86. The number of benzene rings is 2. The molecule has 0 N–H and O–H groups in total. The Morgan fingerprint density at radius 1 is 1.19 bits per heavy atom. The number of aryl methyl sites for hydroxylation is 1. The zero-order valence-electron chi connectivity index (χ0n) is 17.9. The monoisotopic (exact) mass is 457 g/mol. The zero-order valence-corrected chi connectivity index (χ0v) is 18.8. The predicted molar refractivity (Wildman–Crippen MR) is 118 cm³/mol. The van der Waals surface area contributed by atoms with Gasteiger partial charge in [-0.05, 0) is 48.9 Å². The fourth-order valence-corrected chi connectivity index (χ4v) is 4.28. The maximum atomic E-state index is 12.4. The normalized spacial score (nSPS) is 13.4. The van der Waals surface area contributed by atoms with Gasteiger partial charge >= 0.3 is 5.97 Å². The van der Waals surface area contributed by atoms with Gasteiger partial charge in [-0.3, -0.25) is 0 Å². The van der Waals surface area contributed by atoms with Crippen molar-refractivity contribution in [1.82, 2.24) is 13.9 Å². The molecule has 10 heteroatoms. The summed E-state index contributed by atoms with van der Waals surface area (Å²) >= 11 is 0. The maximum Gasteiger partial charge on any atom is 0.331 e. The second kappa shape index (κ2) is 8.64. The van der Waals surface area contributed by atoms with Gasteiger partial charge in [-0.1, -0.05) is 6.07 Å². The summed E-state index contributed by atoms with van der Waals surface area (Å²) in [6.45, 7) is 2.68. The molecule has 0 bridgehead atoms. The number of aromatic nitrogens is 2. The summed E-state index contributed by atoms with van der Waals surface area (Å²) in [7, 11) is -0.613. The number of ether oxygens (including phenoxy) is 3. The molecule has 0 aliphatic carbocycles. The highest BCUT2D eigenvalue weighted by Gasteiger charge is 2.20. The van der Waals surface area contributed by atoms with E-state index in [4.69, 9.17) is 14.2 Å². The summed E-state index contributed by atoms with van der Waals surface area (Å²) in [5.41, 5.74) is 2.07. The number of esters is 1. The van der Waals surface area contributed by atoms with Crippen LogP contribution in [0.15, 0.2) is 47.4 Å². The Hall–Kier alpha value is -3.37. The number of carbonyl (C=O) groups is 1. The number of carbonyl (C=O) groups excluding carboxylic acids is 1. The molecule has 0 amide bonds. The molecule has 4 rings (SSSR count). The van der Waals surface area contributed by atoms with Gasteiger partial charge in [-0.15, -0.1) is 0 Å². The molecule has 1 aliphatic heterocycles. The van der Waals surface area contributed by atoms with Crippen LogP contribution >= 0.6 is 0 Å². The number of sulfonamides is 1. The first-order valence-electron chi connectivity index (χ1n) is 9.96.